The Morgan fingerprint density at radius 3 is 2.26 bits per heavy atom. The van der Waals surface area contributed by atoms with Crippen LogP contribution in [-0.4, -0.2) is 49.6 Å². The molecule has 0 atom stereocenters. The lowest BCUT2D eigenvalue weighted by Crippen LogP contribution is -2.44. The Hall–Kier alpha value is -0.600. The van der Waals surface area contributed by atoms with Crippen LogP contribution in [0.1, 0.15) is 46.0 Å². The third kappa shape index (κ3) is 9.01. The van der Waals surface area contributed by atoms with Gasteiger partial charge in [-0.15, -0.1) is 0 Å². The Kier molecular flexibility index (Phi) is 8.85. The predicted octanol–water partition coefficient (Wildman–Crippen LogP) is 3.71. The number of rotatable bonds is 8. The lowest BCUT2D eigenvalue weighted by molar-refractivity contribution is 0.152. The highest BCUT2D eigenvalue weighted by molar-refractivity contribution is 4.95. The van der Waals surface area contributed by atoms with Crippen LogP contribution in [0.5, 0.6) is 0 Å². The van der Waals surface area contributed by atoms with Crippen LogP contribution in [0.2, 0.25) is 0 Å². The normalized spacial score (nSPS) is 18.1. The lowest BCUT2D eigenvalue weighted by atomic mass is 10.2. The van der Waals surface area contributed by atoms with E-state index in [0.29, 0.717) is 0 Å². The molecule has 0 bridgehead atoms. The van der Waals surface area contributed by atoms with E-state index in [1.807, 2.05) is 0 Å². The first-order valence-corrected chi connectivity index (χ1v) is 7.88. The maximum atomic E-state index is 2.61. The molecule has 1 fully saturated rings. The second-order valence-electron chi connectivity index (χ2n) is 5.97. The number of piperazine rings is 1. The summed E-state index contributed by atoms with van der Waals surface area (Å²) in [5, 5.41) is 0. The number of hydrogen-bond donors (Lipinski definition) is 0. The van der Waals surface area contributed by atoms with Gasteiger partial charge in [0.2, 0.25) is 0 Å². The zero-order valence-corrected chi connectivity index (χ0v) is 13.2. The van der Waals surface area contributed by atoms with Crippen molar-refractivity contribution in [1.82, 2.24) is 9.80 Å². The van der Waals surface area contributed by atoms with Crippen molar-refractivity contribution >= 4 is 0 Å². The summed E-state index contributed by atoms with van der Waals surface area (Å²) in [6.07, 6.45) is 13.4. The Morgan fingerprint density at radius 2 is 1.58 bits per heavy atom. The van der Waals surface area contributed by atoms with Gasteiger partial charge in [-0.2, -0.15) is 0 Å². The second-order valence-corrected chi connectivity index (χ2v) is 5.97. The van der Waals surface area contributed by atoms with E-state index in [9.17, 15) is 0 Å². The van der Waals surface area contributed by atoms with Crippen molar-refractivity contribution in [3.05, 3.63) is 23.8 Å². The smallest absolute Gasteiger partial charge is 0.0110 e. The molecule has 0 saturated carbocycles. The van der Waals surface area contributed by atoms with E-state index >= 15 is 0 Å². The lowest BCUT2D eigenvalue weighted by Gasteiger charge is -2.32. The van der Waals surface area contributed by atoms with Gasteiger partial charge in [0.25, 0.3) is 0 Å². The van der Waals surface area contributed by atoms with Crippen LogP contribution in [0, 0.1) is 0 Å². The Morgan fingerprint density at radius 1 is 0.895 bits per heavy atom. The number of hydrogen-bond acceptors (Lipinski definition) is 2. The Balaban J connectivity index is 1.91. The molecule has 0 amide bonds. The quantitative estimate of drug-likeness (QED) is 0.487. The second kappa shape index (κ2) is 10.2. The molecule has 1 aliphatic rings. The standard InChI is InChI=1S/C17H32N2/c1-17(2)11-9-7-5-4-6-8-10-12-19-15-13-18(3)14-16-19/h4-5,11H,6-10,12-16H2,1-3H3/b5-4+. The fourth-order valence-corrected chi connectivity index (χ4v) is 2.37. The number of nitrogens with zero attached hydrogens (tertiary/aromatic N) is 2. The highest BCUT2D eigenvalue weighted by Crippen LogP contribution is 2.05. The van der Waals surface area contributed by atoms with Crippen LogP contribution in [-0.2, 0) is 0 Å². The average molecular weight is 264 g/mol. The molecule has 0 spiro atoms. The molecule has 0 unspecified atom stereocenters. The first kappa shape index (κ1) is 16.5. The van der Waals surface area contributed by atoms with Crippen LogP contribution in [0.25, 0.3) is 0 Å². The van der Waals surface area contributed by atoms with Gasteiger partial charge < -0.3 is 9.80 Å². The molecule has 0 radical (unpaired) electrons. The maximum absolute atomic E-state index is 2.61. The predicted molar refractivity (Wildman–Crippen MR) is 85.6 cm³/mol. The van der Waals surface area contributed by atoms with E-state index in [1.165, 1.54) is 70.4 Å². The number of unbranched alkanes of at least 4 members (excludes halogenated alkanes) is 3. The maximum Gasteiger partial charge on any atom is 0.0110 e. The van der Waals surface area contributed by atoms with E-state index in [4.69, 9.17) is 0 Å². The summed E-state index contributed by atoms with van der Waals surface area (Å²) in [5.74, 6) is 0. The molecular weight excluding hydrogens is 232 g/mol. The molecule has 0 aromatic carbocycles. The van der Waals surface area contributed by atoms with Crippen molar-refractivity contribution in [2.75, 3.05) is 39.8 Å². The summed E-state index contributed by atoms with van der Waals surface area (Å²) in [6.45, 7) is 10.6. The molecule has 0 aromatic heterocycles. The van der Waals surface area contributed by atoms with Gasteiger partial charge in [0, 0.05) is 26.2 Å². The topological polar surface area (TPSA) is 6.48 Å². The van der Waals surface area contributed by atoms with Crippen molar-refractivity contribution in [1.29, 1.82) is 0 Å². The summed E-state index contributed by atoms with van der Waals surface area (Å²) < 4.78 is 0. The van der Waals surface area contributed by atoms with Crippen molar-refractivity contribution < 1.29 is 0 Å². The highest BCUT2D eigenvalue weighted by Gasteiger charge is 2.12. The van der Waals surface area contributed by atoms with Crippen LogP contribution < -0.4 is 0 Å². The molecule has 110 valence electrons. The third-order valence-electron chi connectivity index (χ3n) is 3.74. The minimum absolute atomic E-state index is 1.19. The Bertz CT molecular complexity index is 269. The largest absolute Gasteiger partial charge is 0.304 e. The van der Waals surface area contributed by atoms with Gasteiger partial charge in [-0.1, -0.05) is 23.8 Å². The number of likely N-dealkylation sites (N-methyl/N-ethyl adjacent to an activating group) is 1. The summed E-state index contributed by atoms with van der Waals surface area (Å²) >= 11 is 0. The molecule has 2 heteroatoms. The monoisotopic (exact) mass is 264 g/mol. The third-order valence-corrected chi connectivity index (χ3v) is 3.74. The van der Waals surface area contributed by atoms with Crippen molar-refractivity contribution in [2.24, 2.45) is 0 Å². The molecule has 19 heavy (non-hydrogen) atoms. The summed E-state index contributed by atoms with van der Waals surface area (Å²) in [6, 6.07) is 0. The van der Waals surface area contributed by atoms with E-state index < -0.39 is 0 Å². The highest BCUT2D eigenvalue weighted by atomic mass is 15.2. The van der Waals surface area contributed by atoms with Crippen molar-refractivity contribution in [3.63, 3.8) is 0 Å². The van der Waals surface area contributed by atoms with Gasteiger partial charge in [0.05, 0.1) is 0 Å². The molecule has 1 aliphatic heterocycles. The first-order chi connectivity index (χ1) is 9.18. The average Bonchev–Trinajstić information content (AvgIpc) is 2.38. The fourth-order valence-electron chi connectivity index (χ4n) is 2.37. The molecule has 0 aliphatic carbocycles. The van der Waals surface area contributed by atoms with Gasteiger partial charge in [0.1, 0.15) is 0 Å². The van der Waals surface area contributed by atoms with Crippen LogP contribution in [0.15, 0.2) is 23.8 Å². The molecule has 1 rings (SSSR count). The van der Waals surface area contributed by atoms with Crippen molar-refractivity contribution in [2.45, 2.75) is 46.0 Å². The zero-order chi connectivity index (χ0) is 13.9. The van der Waals surface area contributed by atoms with Gasteiger partial charge in [-0.3, -0.25) is 0 Å². The van der Waals surface area contributed by atoms with E-state index in [2.05, 4.69) is 48.9 Å². The minimum atomic E-state index is 1.19. The van der Waals surface area contributed by atoms with Crippen LogP contribution in [0.3, 0.4) is 0 Å². The Labute approximate surface area is 120 Å². The van der Waals surface area contributed by atoms with E-state index in [0.717, 1.165) is 0 Å². The molecule has 0 aromatic rings. The van der Waals surface area contributed by atoms with E-state index in [1.54, 1.807) is 0 Å². The molecular formula is C17H32N2. The fraction of sp³-hybridized carbons (Fsp3) is 0.765. The number of allylic oxidation sites excluding steroid dienone is 4. The van der Waals surface area contributed by atoms with Crippen LogP contribution in [0.4, 0.5) is 0 Å². The SMILES string of the molecule is CC(C)=CCC/C=C/CCCCN1CCN(C)CC1. The van der Waals surface area contributed by atoms with Gasteiger partial charge in [-0.25, -0.2) is 0 Å². The van der Waals surface area contributed by atoms with Gasteiger partial charge in [-0.05, 0) is 59.5 Å². The minimum Gasteiger partial charge on any atom is -0.304 e. The molecule has 1 heterocycles. The summed E-state index contributed by atoms with van der Waals surface area (Å²) in [7, 11) is 2.22. The zero-order valence-electron chi connectivity index (χ0n) is 13.2. The van der Waals surface area contributed by atoms with Crippen molar-refractivity contribution in [3.8, 4) is 0 Å². The first-order valence-electron chi connectivity index (χ1n) is 7.88. The summed E-state index contributed by atoms with van der Waals surface area (Å²) in [5.41, 5.74) is 1.43. The summed E-state index contributed by atoms with van der Waals surface area (Å²) in [4.78, 5) is 5.03. The molecule has 1 saturated heterocycles. The van der Waals surface area contributed by atoms with E-state index in [-0.39, 0.29) is 0 Å². The van der Waals surface area contributed by atoms with Gasteiger partial charge >= 0.3 is 0 Å². The van der Waals surface area contributed by atoms with Crippen LogP contribution >= 0.6 is 0 Å². The molecule has 2 nitrogen and oxygen atoms in total. The van der Waals surface area contributed by atoms with Gasteiger partial charge in [0.15, 0.2) is 0 Å². The molecule has 0 N–H and O–H groups in total.